The molecular weight excluding hydrogens is 470 g/mol. The van der Waals surface area contributed by atoms with E-state index in [0.29, 0.717) is 30.1 Å². The largest absolute Gasteiger partial charge is 0.359 e. The Bertz CT molecular complexity index is 1480. The molecule has 3 aromatic rings. The van der Waals surface area contributed by atoms with E-state index in [4.69, 9.17) is 4.52 Å². The zero-order valence-electron chi connectivity index (χ0n) is 20.1. The normalized spacial score (nSPS) is 18.2. The maximum Gasteiger partial charge on any atom is 0.331 e. The number of rotatable bonds is 8. The second kappa shape index (κ2) is 9.03. The Morgan fingerprint density at radius 1 is 1.06 bits per heavy atom. The monoisotopic (exact) mass is 501 g/mol. The molecule has 0 spiro atoms. The zero-order valence-corrected chi connectivity index (χ0v) is 20.9. The van der Waals surface area contributed by atoms with Gasteiger partial charge in [0.15, 0.2) is 5.76 Å². The minimum Gasteiger partial charge on any atom is -0.359 e. The summed E-state index contributed by atoms with van der Waals surface area (Å²) in [4.78, 5) is 29.3. The highest BCUT2D eigenvalue weighted by Gasteiger charge is 2.41. The quantitative estimate of drug-likeness (QED) is 0.500. The van der Waals surface area contributed by atoms with E-state index in [0.717, 1.165) is 43.3 Å². The van der Waals surface area contributed by atoms with E-state index in [1.165, 1.54) is 18.6 Å². The van der Waals surface area contributed by atoms with E-state index in [-0.39, 0.29) is 16.8 Å². The Balaban J connectivity index is 1.59. The number of aryl methyl sites for hydroxylation is 1. The molecule has 2 fully saturated rings. The van der Waals surface area contributed by atoms with Crippen LogP contribution in [-0.2, 0) is 23.1 Å². The highest BCUT2D eigenvalue weighted by molar-refractivity contribution is 7.89. The summed E-state index contributed by atoms with van der Waals surface area (Å²) in [6.07, 6.45) is 5.03. The number of benzene rings is 1. The van der Waals surface area contributed by atoms with E-state index >= 15 is 0 Å². The van der Waals surface area contributed by atoms with Gasteiger partial charge in [-0.25, -0.2) is 17.9 Å². The van der Waals surface area contributed by atoms with E-state index in [9.17, 15) is 18.0 Å². The highest BCUT2D eigenvalue weighted by atomic mass is 32.2. The van der Waals surface area contributed by atoms with E-state index < -0.39 is 26.8 Å². The first-order valence-electron chi connectivity index (χ1n) is 12.1. The fourth-order valence-corrected chi connectivity index (χ4v) is 6.16. The standard InChI is InChI=1S/C24H31N5O5S/c1-17-14-18(34-25-17)16-29-22(30)20-15-19(35(32,33)26-24(2)8-9-24)6-7-21(20)28(23(29)31)13-12-27-10-4-3-5-11-27/h6-7,14-15,26H,3-5,8-13,16H2,1-2H3. The minimum atomic E-state index is -3.81. The molecule has 188 valence electrons. The molecule has 1 N–H and O–H groups in total. The van der Waals surface area contributed by atoms with Gasteiger partial charge < -0.3 is 9.42 Å². The van der Waals surface area contributed by atoms with Gasteiger partial charge in [0.2, 0.25) is 10.0 Å². The molecule has 0 amide bonds. The Labute approximate surface area is 203 Å². The Morgan fingerprint density at radius 3 is 2.46 bits per heavy atom. The summed E-state index contributed by atoms with van der Waals surface area (Å²) in [5.41, 5.74) is -0.368. The lowest BCUT2D eigenvalue weighted by atomic mass is 10.1. The molecular formula is C24H31N5O5S. The molecule has 0 radical (unpaired) electrons. The van der Waals surface area contributed by atoms with Gasteiger partial charge in [-0.3, -0.25) is 13.9 Å². The summed E-state index contributed by atoms with van der Waals surface area (Å²) in [6.45, 7) is 6.58. The van der Waals surface area contributed by atoms with Crippen LogP contribution in [0, 0.1) is 6.92 Å². The summed E-state index contributed by atoms with van der Waals surface area (Å²) in [7, 11) is -3.81. The van der Waals surface area contributed by atoms with Crippen LogP contribution in [-0.4, -0.2) is 52.8 Å². The van der Waals surface area contributed by atoms with Crippen LogP contribution in [0.3, 0.4) is 0 Å². The summed E-state index contributed by atoms with van der Waals surface area (Å²) in [5, 5.41) is 4.03. The topological polar surface area (TPSA) is 119 Å². The average Bonchev–Trinajstić information content (AvgIpc) is 3.40. The number of aromatic nitrogens is 3. The first-order valence-corrected chi connectivity index (χ1v) is 13.6. The molecule has 10 nitrogen and oxygen atoms in total. The lowest BCUT2D eigenvalue weighted by Gasteiger charge is -2.27. The van der Waals surface area contributed by atoms with Gasteiger partial charge >= 0.3 is 5.69 Å². The summed E-state index contributed by atoms with van der Waals surface area (Å²) in [5.74, 6) is 0.385. The third-order valence-electron chi connectivity index (χ3n) is 6.97. The first kappa shape index (κ1) is 24.0. The Hall–Kier alpha value is -2.76. The lowest BCUT2D eigenvalue weighted by molar-refractivity contribution is 0.220. The van der Waals surface area contributed by atoms with Crippen molar-refractivity contribution in [1.29, 1.82) is 0 Å². The van der Waals surface area contributed by atoms with Crippen molar-refractivity contribution in [3.05, 3.63) is 56.6 Å². The molecule has 1 saturated carbocycles. The van der Waals surface area contributed by atoms with Gasteiger partial charge in [0, 0.05) is 24.7 Å². The van der Waals surface area contributed by atoms with Crippen LogP contribution in [0.15, 0.2) is 43.3 Å². The van der Waals surface area contributed by atoms with Gasteiger partial charge in [-0.15, -0.1) is 0 Å². The van der Waals surface area contributed by atoms with Crippen LogP contribution in [0.4, 0.5) is 0 Å². The SMILES string of the molecule is Cc1cc(Cn2c(=O)c3cc(S(=O)(=O)NC4(C)CC4)ccc3n(CCN3CCCCC3)c2=O)on1. The summed E-state index contributed by atoms with van der Waals surface area (Å²) >= 11 is 0. The average molecular weight is 502 g/mol. The predicted octanol–water partition coefficient (Wildman–Crippen LogP) is 1.82. The maximum atomic E-state index is 13.5. The minimum absolute atomic E-state index is 0.0125. The number of nitrogens with one attached hydrogen (secondary N) is 1. The lowest BCUT2D eigenvalue weighted by Crippen LogP contribution is -2.42. The van der Waals surface area contributed by atoms with Gasteiger partial charge in [0.1, 0.15) is 0 Å². The van der Waals surface area contributed by atoms with E-state index in [1.807, 2.05) is 6.92 Å². The molecule has 2 aliphatic rings. The molecule has 1 saturated heterocycles. The summed E-state index contributed by atoms with van der Waals surface area (Å²) < 4.78 is 36.6. The number of likely N-dealkylation sites (tertiary alicyclic amines) is 1. The number of sulfonamides is 1. The van der Waals surface area contributed by atoms with Crippen molar-refractivity contribution in [1.82, 2.24) is 23.9 Å². The van der Waals surface area contributed by atoms with Crippen molar-refractivity contribution < 1.29 is 12.9 Å². The van der Waals surface area contributed by atoms with Crippen LogP contribution in [0.25, 0.3) is 10.9 Å². The van der Waals surface area contributed by atoms with E-state index in [2.05, 4.69) is 14.8 Å². The number of hydrogen-bond donors (Lipinski definition) is 1. The molecule has 2 aromatic heterocycles. The second-order valence-electron chi connectivity index (χ2n) is 10.0. The van der Waals surface area contributed by atoms with Crippen LogP contribution in [0.5, 0.6) is 0 Å². The van der Waals surface area contributed by atoms with Crippen LogP contribution < -0.4 is 16.0 Å². The van der Waals surface area contributed by atoms with Gasteiger partial charge in [-0.05, 0) is 70.8 Å². The number of piperidine rings is 1. The molecule has 0 bridgehead atoms. The highest BCUT2D eigenvalue weighted by Crippen LogP contribution is 2.36. The Kier molecular flexibility index (Phi) is 6.18. The van der Waals surface area contributed by atoms with Crippen LogP contribution in [0.1, 0.15) is 50.5 Å². The molecule has 1 aliphatic carbocycles. The molecule has 11 heteroatoms. The van der Waals surface area contributed by atoms with Crippen molar-refractivity contribution >= 4 is 20.9 Å². The van der Waals surface area contributed by atoms with Crippen molar-refractivity contribution in [2.75, 3.05) is 19.6 Å². The fraction of sp³-hybridized carbons (Fsp3) is 0.542. The number of hydrogen-bond acceptors (Lipinski definition) is 7. The smallest absolute Gasteiger partial charge is 0.331 e. The van der Waals surface area contributed by atoms with Gasteiger partial charge in [-0.1, -0.05) is 11.6 Å². The predicted molar refractivity (Wildman–Crippen MR) is 131 cm³/mol. The molecule has 0 atom stereocenters. The fourth-order valence-electron chi connectivity index (χ4n) is 4.67. The molecule has 35 heavy (non-hydrogen) atoms. The first-order chi connectivity index (χ1) is 16.7. The van der Waals surface area contributed by atoms with Gasteiger partial charge in [0.05, 0.1) is 28.0 Å². The second-order valence-corrected chi connectivity index (χ2v) is 11.7. The third-order valence-corrected chi connectivity index (χ3v) is 8.60. The van der Waals surface area contributed by atoms with Gasteiger partial charge in [0.25, 0.3) is 5.56 Å². The van der Waals surface area contributed by atoms with Gasteiger partial charge in [-0.2, -0.15) is 0 Å². The molecule has 1 aromatic carbocycles. The Morgan fingerprint density at radius 2 is 1.80 bits per heavy atom. The number of nitrogens with zero attached hydrogens (tertiary/aromatic N) is 4. The third kappa shape index (κ3) is 4.98. The van der Waals surface area contributed by atoms with Crippen LogP contribution >= 0.6 is 0 Å². The summed E-state index contributed by atoms with van der Waals surface area (Å²) in [6, 6.07) is 6.10. The molecule has 3 heterocycles. The molecule has 1 aliphatic heterocycles. The van der Waals surface area contributed by atoms with E-state index in [1.54, 1.807) is 23.6 Å². The molecule has 0 unspecified atom stereocenters. The zero-order chi connectivity index (χ0) is 24.8. The maximum absolute atomic E-state index is 13.5. The number of fused-ring (bicyclic) bond motifs is 1. The van der Waals surface area contributed by atoms with Crippen molar-refractivity contribution in [3.63, 3.8) is 0 Å². The molecule has 5 rings (SSSR count). The van der Waals surface area contributed by atoms with Crippen molar-refractivity contribution in [2.45, 2.75) is 69.5 Å². The van der Waals surface area contributed by atoms with Crippen LogP contribution in [0.2, 0.25) is 0 Å². The van der Waals surface area contributed by atoms with Crippen molar-refractivity contribution in [2.24, 2.45) is 0 Å². The van der Waals surface area contributed by atoms with Crippen molar-refractivity contribution in [3.8, 4) is 0 Å².